The summed E-state index contributed by atoms with van der Waals surface area (Å²) in [7, 11) is -5.64. The largest absolute Gasteiger partial charge is 0.420 e. The molecule has 0 aromatic heterocycles. The van der Waals surface area contributed by atoms with E-state index in [0.29, 0.717) is 0 Å². The molecule has 0 aromatic carbocycles. The van der Waals surface area contributed by atoms with Crippen LogP contribution in [-0.4, -0.2) is 122 Å². The van der Waals surface area contributed by atoms with Crippen LogP contribution in [0, 0.1) is 5.92 Å². The van der Waals surface area contributed by atoms with Gasteiger partial charge in [-0.2, -0.15) is 0 Å². The van der Waals surface area contributed by atoms with Gasteiger partial charge in [0.15, 0.2) is 0 Å². The van der Waals surface area contributed by atoms with Crippen LogP contribution in [-0.2, 0) is 32.9 Å². The van der Waals surface area contributed by atoms with Crippen LogP contribution in [0.15, 0.2) is 0 Å². The van der Waals surface area contributed by atoms with Gasteiger partial charge in [-0.3, -0.25) is 0 Å². The molecule has 0 amide bonds. The third kappa shape index (κ3) is 22.5. The molecule has 0 bridgehead atoms. The maximum atomic E-state index is 6.16. The Morgan fingerprint density at radius 2 is 0.667 bits per heavy atom. The zero-order chi connectivity index (χ0) is 30.1. The summed E-state index contributed by atoms with van der Waals surface area (Å²) >= 11 is 0. The van der Waals surface area contributed by atoms with E-state index in [1.807, 2.05) is 26.2 Å². The molecule has 10 nitrogen and oxygen atoms in total. The molecule has 2 fully saturated rings. The number of hydrogen-bond acceptors (Lipinski definition) is 10. The monoisotopic (exact) mass is 696 g/mol. The highest BCUT2D eigenvalue weighted by molar-refractivity contribution is 6.92. The second kappa shape index (κ2) is 18.2. The fraction of sp³-hybridized carbons (Fsp3) is 1.00. The molecule has 0 aromatic rings. The molecule has 0 saturated carbocycles. The topological polar surface area (TPSA) is 80.3 Å². The molecule has 238 valence electrons. The van der Waals surface area contributed by atoms with E-state index in [1.165, 1.54) is 13.1 Å². The predicted octanol–water partition coefficient (Wildman–Crippen LogP) is 3.72. The summed E-state index contributed by atoms with van der Waals surface area (Å²) in [5, 5.41) is 0. The molecule has 2 aliphatic rings. The van der Waals surface area contributed by atoms with E-state index < -0.39 is 71.4 Å². The Hall–Kier alpha value is 1.34. The van der Waals surface area contributed by atoms with Crippen molar-refractivity contribution >= 4 is 71.4 Å². The quantitative estimate of drug-likeness (QED) is 0.406. The van der Waals surface area contributed by atoms with Crippen molar-refractivity contribution in [2.45, 2.75) is 92.9 Å². The first-order valence-electron chi connectivity index (χ1n) is 13.6. The van der Waals surface area contributed by atoms with Crippen LogP contribution in [0.3, 0.4) is 0 Å². The van der Waals surface area contributed by atoms with Gasteiger partial charge < -0.3 is 42.7 Å². The minimum absolute atomic E-state index is 0. The maximum absolute atomic E-state index is 6.16. The Bertz CT molecular complexity index is 558. The van der Waals surface area contributed by atoms with Gasteiger partial charge in [0.05, 0.1) is 0 Å². The van der Waals surface area contributed by atoms with Gasteiger partial charge in [0, 0.05) is 13.1 Å². The average molecular weight is 697 g/mol. The molecule has 0 unspecified atom stereocenters. The van der Waals surface area contributed by atoms with Crippen molar-refractivity contribution in [2.75, 3.05) is 41.3 Å². The van der Waals surface area contributed by atoms with Crippen LogP contribution in [0.2, 0.25) is 78.6 Å². The van der Waals surface area contributed by atoms with Crippen LogP contribution < -0.4 is 0 Å². The van der Waals surface area contributed by atoms with Crippen molar-refractivity contribution in [3.8, 4) is 0 Å². The first-order chi connectivity index (χ1) is 16.9. The minimum Gasteiger partial charge on any atom is -0.420 e. The maximum Gasteiger partial charge on any atom is 0.314 e. The van der Waals surface area contributed by atoms with Crippen LogP contribution >= 0.6 is 0 Å². The smallest absolute Gasteiger partial charge is 0.314 e. The van der Waals surface area contributed by atoms with Gasteiger partial charge in [0.1, 0.15) is 0 Å². The van der Waals surface area contributed by atoms with Crippen molar-refractivity contribution < 1.29 is 32.9 Å². The van der Waals surface area contributed by atoms with E-state index >= 15 is 0 Å². The molecule has 0 atom stereocenters. The van der Waals surface area contributed by atoms with Crippen molar-refractivity contribution in [1.82, 2.24) is 9.80 Å². The highest BCUT2D eigenvalue weighted by atomic mass is 28.5. The molecular weight excluding hydrogens is 633 g/mol. The Morgan fingerprint density at radius 3 is 0.821 bits per heavy atom. The van der Waals surface area contributed by atoms with Crippen LogP contribution in [0.1, 0.15) is 14.4 Å². The lowest BCUT2D eigenvalue weighted by Gasteiger charge is -2.46. The van der Waals surface area contributed by atoms with E-state index in [1.54, 1.807) is 0 Å². The fourth-order valence-electron chi connectivity index (χ4n) is 4.96. The Labute approximate surface area is 253 Å². The standard InChI is InChI=1S/C8H20N2.C8H24O4Si4.C4H16O4Si4.CH4/c1-8(6-9(2)3)7-10(4)5;1-13(2)9-14(3,4)11-16(7,8)12-15(5,6)10-13;1-9-5-10(2)7-12(4)8-11(3)6-9;/h8H,6-7H2,1-5H3;1-8H3;9-12H,1-4H3;1H4. The number of hydrogen-bond donors (Lipinski definition) is 0. The molecule has 2 saturated heterocycles. The highest BCUT2D eigenvalue weighted by Crippen LogP contribution is 2.30. The summed E-state index contributed by atoms with van der Waals surface area (Å²) in [6.45, 7) is 29.4. The molecule has 2 heterocycles. The lowest BCUT2D eigenvalue weighted by Crippen LogP contribution is -2.64. The lowest BCUT2D eigenvalue weighted by molar-refractivity contribution is 0.238. The summed E-state index contributed by atoms with van der Waals surface area (Å²) in [6, 6.07) is 0. The molecule has 0 N–H and O–H groups in total. The minimum atomic E-state index is -2.11. The molecule has 18 heteroatoms. The van der Waals surface area contributed by atoms with E-state index in [2.05, 4.69) is 97.3 Å². The van der Waals surface area contributed by atoms with Gasteiger partial charge in [0.2, 0.25) is 0 Å². The molecule has 39 heavy (non-hydrogen) atoms. The van der Waals surface area contributed by atoms with Crippen LogP contribution in [0.5, 0.6) is 0 Å². The van der Waals surface area contributed by atoms with Gasteiger partial charge in [-0.05, 0) is 113 Å². The normalized spacial score (nSPS) is 29.8. The third-order valence-electron chi connectivity index (χ3n) is 4.85. The molecule has 0 spiro atoms. The van der Waals surface area contributed by atoms with Crippen molar-refractivity contribution in [3.05, 3.63) is 0 Å². The van der Waals surface area contributed by atoms with Gasteiger partial charge in [-0.15, -0.1) is 0 Å². The van der Waals surface area contributed by atoms with Gasteiger partial charge in [0.25, 0.3) is 37.1 Å². The molecular formula is C21H64N2O8Si8. The first kappa shape index (κ1) is 42.5. The summed E-state index contributed by atoms with van der Waals surface area (Å²) in [5.41, 5.74) is 0. The Balaban J connectivity index is 0. The average Bonchev–Trinajstić information content (AvgIpc) is 2.53. The highest BCUT2D eigenvalue weighted by Gasteiger charge is 2.50. The van der Waals surface area contributed by atoms with E-state index in [-0.39, 0.29) is 7.43 Å². The molecule has 0 aliphatic carbocycles. The van der Waals surface area contributed by atoms with E-state index in [0.717, 1.165) is 5.92 Å². The van der Waals surface area contributed by atoms with Gasteiger partial charge >= 0.3 is 34.2 Å². The lowest BCUT2D eigenvalue weighted by atomic mass is 10.1. The summed E-state index contributed by atoms with van der Waals surface area (Å²) in [4.78, 5) is 4.46. The van der Waals surface area contributed by atoms with Crippen molar-refractivity contribution in [3.63, 3.8) is 0 Å². The van der Waals surface area contributed by atoms with Crippen LogP contribution in [0.25, 0.3) is 0 Å². The van der Waals surface area contributed by atoms with Crippen molar-refractivity contribution in [2.24, 2.45) is 5.92 Å². The number of nitrogens with zero attached hydrogens (tertiary/aromatic N) is 2. The fourth-order valence-corrected chi connectivity index (χ4v) is 38.0. The van der Waals surface area contributed by atoms with Crippen molar-refractivity contribution in [1.29, 1.82) is 0 Å². The number of rotatable bonds is 4. The second-order valence-electron chi connectivity index (χ2n) is 12.5. The molecule has 2 aliphatic heterocycles. The SMILES string of the molecule is C.CC(CN(C)C)CN(C)C.C[SiH]1O[SiH](C)O[SiH](C)O[SiH](C)O1.C[Si]1(C)O[Si](C)(C)O[Si](C)(C)O[Si](C)(C)O1. The predicted molar refractivity (Wildman–Crippen MR) is 184 cm³/mol. The van der Waals surface area contributed by atoms with Gasteiger partial charge in [-0.25, -0.2) is 0 Å². The van der Waals surface area contributed by atoms with E-state index in [4.69, 9.17) is 32.9 Å². The zero-order valence-corrected chi connectivity index (χ0v) is 36.1. The summed E-state index contributed by atoms with van der Waals surface area (Å²) in [5.74, 6) is 0.769. The van der Waals surface area contributed by atoms with E-state index in [9.17, 15) is 0 Å². The third-order valence-corrected chi connectivity index (χ3v) is 32.8. The van der Waals surface area contributed by atoms with Crippen LogP contribution in [0.4, 0.5) is 0 Å². The Morgan fingerprint density at radius 1 is 0.487 bits per heavy atom. The summed E-state index contributed by atoms with van der Waals surface area (Å²) < 4.78 is 47.3. The Kier molecular flexibility index (Phi) is 19.8. The zero-order valence-electron chi connectivity index (χ0n) is 27.5. The van der Waals surface area contributed by atoms with Gasteiger partial charge in [-0.1, -0.05) is 14.4 Å². The second-order valence-corrected chi connectivity index (χ2v) is 35.8. The molecule has 0 radical (unpaired) electrons. The summed E-state index contributed by atoms with van der Waals surface area (Å²) in [6.07, 6.45) is 0. The molecule has 2 rings (SSSR count). The first-order valence-corrected chi connectivity index (χ1v) is 33.3.